The largest absolute Gasteiger partial charge is 0.428 e. The number of aromatic nitrogens is 3. The van der Waals surface area contributed by atoms with Crippen LogP contribution in [0.15, 0.2) is 30.6 Å². The van der Waals surface area contributed by atoms with E-state index < -0.39 is 55.6 Å². The predicted octanol–water partition coefficient (Wildman–Crippen LogP) is 5.50. The molecule has 0 spiro atoms. The fourth-order valence-electron chi connectivity index (χ4n) is 4.97. The van der Waals surface area contributed by atoms with E-state index in [0.717, 1.165) is 22.2 Å². The van der Waals surface area contributed by atoms with Crippen molar-refractivity contribution in [2.75, 3.05) is 45.6 Å². The number of amides is 3. The molecule has 2 aromatic heterocycles. The molecule has 0 atom stereocenters. The molecule has 5 rings (SSSR count). The number of fused-ring (bicyclic) bond motifs is 1. The van der Waals surface area contributed by atoms with Crippen molar-refractivity contribution < 1.29 is 49.9 Å². The highest BCUT2D eigenvalue weighted by Gasteiger charge is 2.59. The van der Waals surface area contributed by atoms with Gasteiger partial charge in [-0.3, -0.25) is 0 Å². The number of aromatic amines is 1. The lowest BCUT2D eigenvalue weighted by molar-refractivity contribution is -0.336. The van der Waals surface area contributed by atoms with E-state index in [1.54, 1.807) is 27.1 Å². The quantitative estimate of drug-likeness (QED) is 0.336. The number of benzene rings is 1. The summed E-state index contributed by atoms with van der Waals surface area (Å²) in [5.41, 5.74) is 3.20. The van der Waals surface area contributed by atoms with Crippen LogP contribution in [0.4, 0.5) is 46.0 Å². The number of nitrogens with zero attached hydrogens (tertiary/aromatic N) is 5. The molecule has 2 N–H and O–H groups in total. The second kappa shape index (κ2) is 12.4. The fraction of sp³-hybridized carbons (Fsp3) is 0.429. The molecule has 3 aromatic rings. The number of alkyl halides is 6. The normalized spacial score (nSPS) is 16.4. The molecule has 4 heterocycles. The van der Waals surface area contributed by atoms with Crippen LogP contribution in [-0.2, 0) is 9.57 Å². The molecule has 1 fully saturated rings. The van der Waals surface area contributed by atoms with Gasteiger partial charge in [-0.1, -0.05) is 6.08 Å². The van der Waals surface area contributed by atoms with E-state index in [4.69, 9.17) is 4.84 Å². The smallest absolute Gasteiger partial charge is 0.354 e. The number of rotatable bonds is 6. The second-order valence-electron chi connectivity index (χ2n) is 11.0. The van der Waals surface area contributed by atoms with Crippen LogP contribution in [0.25, 0.3) is 27.9 Å². The third kappa shape index (κ3) is 7.01. The topological polar surface area (TPSA) is 116 Å². The molecule has 46 heavy (non-hydrogen) atoms. The molecule has 0 saturated carbocycles. The number of hydrogen-bond acceptors (Lipinski definition) is 7. The molecule has 0 aliphatic carbocycles. The zero-order valence-electron chi connectivity index (χ0n) is 24.6. The first-order chi connectivity index (χ1) is 21.5. The first-order valence-electron chi connectivity index (χ1n) is 13.8. The molecular formula is C28H28F7N7O4. The van der Waals surface area contributed by atoms with Gasteiger partial charge in [0.05, 0.1) is 31.4 Å². The zero-order valence-corrected chi connectivity index (χ0v) is 24.6. The van der Waals surface area contributed by atoms with Gasteiger partial charge in [-0.05, 0) is 42.7 Å². The van der Waals surface area contributed by atoms with E-state index in [9.17, 15) is 40.3 Å². The molecule has 18 heteroatoms. The van der Waals surface area contributed by atoms with Crippen molar-refractivity contribution in [3.8, 4) is 11.3 Å². The minimum atomic E-state index is -5.67. The van der Waals surface area contributed by atoms with Gasteiger partial charge in [-0.2, -0.15) is 26.3 Å². The molecule has 1 saturated heterocycles. The monoisotopic (exact) mass is 659 g/mol. The summed E-state index contributed by atoms with van der Waals surface area (Å²) in [6.45, 7) is 1.34. The van der Waals surface area contributed by atoms with E-state index in [1.165, 1.54) is 22.4 Å². The minimum Gasteiger partial charge on any atom is -0.354 e. The number of urea groups is 1. The molecule has 0 bridgehead atoms. The summed E-state index contributed by atoms with van der Waals surface area (Å²) < 4.78 is 95.9. The molecule has 2 aliphatic heterocycles. The number of anilines is 1. The number of nitrogens with one attached hydrogen (secondary N) is 2. The summed E-state index contributed by atoms with van der Waals surface area (Å²) in [6, 6.07) is 3.20. The van der Waals surface area contributed by atoms with Gasteiger partial charge in [0.25, 0.3) is 0 Å². The van der Waals surface area contributed by atoms with Gasteiger partial charge in [-0.15, -0.1) is 5.06 Å². The first-order valence-corrected chi connectivity index (χ1v) is 13.8. The highest BCUT2D eigenvalue weighted by atomic mass is 19.4. The van der Waals surface area contributed by atoms with Crippen LogP contribution in [0.1, 0.15) is 17.7 Å². The number of carbonyl (C=O) groups excluding carboxylic acids is 2. The van der Waals surface area contributed by atoms with Crippen molar-refractivity contribution >= 4 is 34.4 Å². The third-order valence-corrected chi connectivity index (χ3v) is 7.44. The van der Waals surface area contributed by atoms with Gasteiger partial charge in [-0.25, -0.2) is 23.9 Å². The van der Waals surface area contributed by atoms with Crippen LogP contribution in [0.2, 0.25) is 0 Å². The van der Waals surface area contributed by atoms with Crippen molar-refractivity contribution in [3.05, 3.63) is 47.7 Å². The molecule has 1 aromatic carbocycles. The molecular weight excluding hydrogens is 631 g/mol. The Morgan fingerprint density at radius 2 is 1.78 bits per heavy atom. The number of halogens is 7. The van der Waals surface area contributed by atoms with Gasteiger partial charge >= 0.3 is 24.5 Å². The molecule has 0 unspecified atom stereocenters. The second-order valence-corrected chi connectivity index (χ2v) is 11.0. The Morgan fingerprint density at radius 1 is 1.09 bits per heavy atom. The maximum absolute atomic E-state index is 14.8. The molecule has 0 radical (unpaired) electrons. The Kier molecular flexibility index (Phi) is 8.87. The maximum Gasteiger partial charge on any atom is 0.428 e. The molecule has 248 valence electrons. The lowest BCUT2D eigenvalue weighted by Gasteiger charge is -2.41. The van der Waals surface area contributed by atoms with Crippen LogP contribution < -0.4 is 5.32 Å². The Balaban J connectivity index is 1.31. The number of hydroxylamine groups is 2. The summed E-state index contributed by atoms with van der Waals surface area (Å²) in [5, 5.41) is 4.55. The van der Waals surface area contributed by atoms with E-state index in [2.05, 4.69) is 25.0 Å². The number of carbonyl (C=O) groups is 2. The van der Waals surface area contributed by atoms with Crippen molar-refractivity contribution in [1.82, 2.24) is 29.8 Å². The average Bonchev–Trinajstić information content (AvgIpc) is 3.37. The standard InChI is InChI=1S/C28H28F7N7O4/c1-14-18(8-16(29)9-20(14)39-25(43)41-11-17(12-41)45-24(27(30,31)32)28(33,34)35)22-19-10-21(38-23(19)37-13-36-22)15-4-6-42(7-5-15)46-26(44)40(2)3/h4,8-10,13,17,24H,5-7,11-12H2,1-3H3,(H,39,43)(H,36,37,38). The fourth-order valence-corrected chi connectivity index (χ4v) is 4.97. The van der Waals surface area contributed by atoms with E-state index in [-0.39, 0.29) is 5.69 Å². The Hall–Kier alpha value is -4.45. The van der Waals surface area contributed by atoms with E-state index >= 15 is 0 Å². The SMILES string of the molecule is Cc1c(NC(=O)N2CC(OC(C(F)(F)F)C(F)(F)F)C2)cc(F)cc1-c1ncnc2[nH]c(C3=CCN(OC(=O)N(C)C)CC3)cc12. The number of H-pyrrole nitrogens is 1. The molecule has 11 nitrogen and oxygen atoms in total. The van der Waals surface area contributed by atoms with Crippen LogP contribution in [0.3, 0.4) is 0 Å². The van der Waals surface area contributed by atoms with Gasteiger partial charge in [0.1, 0.15) is 17.8 Å². The molecule has 2 aliphatic rings. The van der Waals surface area contributed by atoms with Crippen molar-refractivity contribution in [2.24, 2.45) is 0 Å². The van der Waals surface area contributed by atoms with Crippen LogP contribution in [0, 0.1) is 12.7 Å². The highest BCUT2D eigenvalue weighted by Crippen LogP contribution is 2.38. The van der Waals surface area contributed by atoms with Gasteiger partial charge in [0.15, 0.2) is 0 Å². The average molecular weight is 660 g/mol. The summed E-state index contributed by atoms with van der Waals surface area (Å²) in [7, 11) is 3.16. The zero-order chi connectivity index (χ0) is 33.6. The van der Waals surface area contributed by atoms with Gasteiger partial charge in [0, 0.05) is 43.0 Å². The highest BCUT2D eigenvalue weighted by molar-refractivity contribution is 5.97. The van der Waals surface area contributed by atoms with Crippen molar-refractivity contribution in [2.45, 2.75) is 37.9 Å². The number of ether oxygens (including phenoxy) is 1. The Bertz CT molecular complexity index is 1650. The third-order valence-electron chi connectivity index (χ3n) is 7.44. The van der Waals surface area contributed by atoms with E-state index in [0.29, 0.717) is 47.4 Å². The van der Waals surface area contributed by atoms with Crippen LogP contribution in [0.5, 0.6) is 0 Å². The maximum atomic E-state index is 14.8. The van der Waals surface area contributed by atoms with Gasteiger partial charge in [0.2, 0.25) is 6.10 Å². The van der Waals surface area contributed by atoms with Gasteiger partial charge < -0.3 is 29.7 Å². The van der Waals surface area contributed by atoms with Crippen molar-refractivity contribution in [1.29, 1.82) is 0 Å². The van der Waals surface area contributed by atoms with Crippen LogP contribution >= 0.6 is 0 Å². The lowest BCUT2D eigenvalue weighted by atomic mass is 10.0. The summed E-state index contributed by atoms with van der Waals surface area (Å²) in [4.78, 5) is 44.0. The molecule has 3 amide bonds. The minimum absolute atomic E-state index is 0.0256. The van der Waals surface area contributed by atoms with E-state index in [1.807, 2.05) is 6.08 Å². The van der Waals surface area contributed by atoms with Crippen LogP contribution in [-0.4, -0.2) is 107 Å². The number of hydrogen-bond donors (Lipinski definition) is 2. The Morgan fingerprint density at radius 3 is 2.39 bits per heavy atom. The number of likely N-dealkylation sites (tertiary alicyclic amines) is 1. The van der Waals surface area contributed by atoms with Crippen molar-refractivity contribution in [3.63, 3.8) is 0 Å². The predicted molar refractivity (Wildman–Crippen MR) is 150 cm³/mol. The Labute approximate surface area is 256 Å². The lowest BCUT2D eigenvalue weighted by Crippen LogP contribution is -2.59. The first kappa shape index (κ1) is 32.9. The summed E-state index contributed by atoms with van der Waals surface area (Å²) in [6.07, 6.45) is -13.6. The summed E-state index contributed by atoms with van der Waals surface area (Å²) in [5.74, 6) is -0.733. The summed E-state index contributed by atoms with van der Waals surface area (Å²) >= 11 is 0.